The predicted octanol–water partition coefficient (Wildman–Crippen LogP) is 20.3. The van der Waals surface area contributed by atoms with Gasteiger partial charge in [-0.05, 0) is 89.9 Å². The van der Waals surface area contributed by atoms with Crippen LogP contribution in [0.5, 0.6) is 0 Å². The Kier molecular flexibility index (Phi) is 56.4. The van der Waals surface area contributed by atoms with Crippen molar-refractivity contribution in [3.8, 4) is 0 Å². The van der Waals surface area contributed by atoms with Crippen LogP contribution in [0.1, 0.15) is 271 Å². The Balaban J connectivity index is 4.24. The Morgan fingerprint density at radius 3 is 0.903 bits per heavy atom. The van der Waals surface area contributed by atoms with E-state index in [1.165, 1.54) is 128 Å². The number of rotatable bonds is 53. The number of hydrogen-bond donors (Lipinski definition) is 0. The first kappa shape index (κ1) is 68.1. The third kappa shape index (κ3) is 57.0. The summed E-state index contributed by atoms with van der Waals surface area (Å²) < 4.78 is 16.8. The van der Waals surface area contributed by atoms with E-state index in [1.54, 1.807) is 0 Å². The van der Waals surface area contributed by atoms with E-state index in [9.17, 15) is 14.4 Å². The maximum atomic E-state index is 12.8. The third-order valence-corrected chi connectivity index (χ3v) is 12.5. The van der Waals surface area contributed by atoms with Crippen LogP contribution in [-0.4, -0.2) is 37.2 Å². The zero-order valence-corrected chi connectivity index (χ0v) is 46.9. The summed E-state index contributed by atoms with van der Waals surface area (Å²) >= 11 is 0. The summed E-state index contributed by atoms with van der Waals surface area (Å²) in [6, 6.07) is 0. The number of allylic oxidation sites excluding steroid dienone is 18. The van der Waals surface area contributed by atoms with Crippen LogP contribution >= 0.6 is 0 Å². The molecule has 1 unspecified atom stereocenters. The summed E-state index contributed by atoms with van der Waals surface area (Å²) in [5.41, 5.74) is 0. The average molecular weight is 1000 g/mol. The number of ether oxygens (including phenoxy) is 3. The number of unbranched alkanes of at least 4 members (excludes halogenated alkanes) is 24. The fraction of sp³-hybridized carbons (Fsp3) is 0.682. The highest BCUT2D eigenvalue weighted by Gasteiger charge is 2.19. The maximum Gasteiger partial charge on any atom is 0.306 e. The molecule has 1 atom stereocenters. The van der Waals surface area contributed by atoms with E-state index in [1.807, 2.05) is 12.2 Å². The van der Waals surface area contributed by atoms with Gasteiger partial charge in [-0.1, -0.05) is 271 Å². The standard InChI is InChI=1S/C66H110O6/c1-4-7-10-13-16-19-22-25-26-27-28-29-30-31-32-33-34-35-36-37-38-39-40-42-44-47-50-53-56-59-65(68)71-62-63(61-70-64(67)58-55-52-49-46-43-24-21-18-15-12-9-6-3)72-66(69)60-57-54-51-48-45-41-23-20-17-14-11-8-5-2/h7-8,10-11,16-17,19-20,25-26,28-29,31-32,41,45,51,54,63H,4-6,9,12-15,18,21-24,27,30,33-40,42-44,46-50,52-53,55-62H2,1-3H3/b10-7-,11-8-,19-16-,20-17-,26-25-,29-28-,32-31-,45-41-,54-51-. The first-order chi connectivity index (χ1) is 35.5. The predicted molar refractivity (Wildman–Crippen MR) is 311 cm³/mol. The molecule has 0 aliphatic rings. The second kappa shape index (κ2) is 59.6. The zero-order chi connectivity index (χ0) is 52.2. The summed E-state index contributed by atoms with van der Waals surface area (Å²) in [5.74, 6) is -0.985. The van der Waals surface area contributed by atoms with Gasteiger partial charge in [-0.2, -0.15) is 0 Å². The molecule has 0 spiro atoms. The molecule has 0 heterocycles. The Morgan fingerprint density at radius 2 is 0.569 bits per heavy atom. The highest BCUT2D eigenvalue weighted by Crippen LogP contribution is 2.16. The summed E-state index contributed by atoms with van der Waals surface area (Å²) in [6.45, 7) is 6.35. The lowest BCUT2D eigenvalue weighted by Crippen LogP contribution is -2.30. The summed E-state index contributed by atoms with van der Waals surface area (Å²) in [5, 5.41) is 0. The van der Waals surface area contributed by atoms with Crippen molar-refractivity contribution in [2.24, 2.45) is 0 Å². The number of carbonyl (C=O) groups excluding carboxylic acids is 3. The minimum Gasteiger partial charge on any atom is -0.462 e. The molecule has 0 aliphatic heterocycles. The Bertz CT molecular complexity index is 1470. The number of hydrogen-bond acceptors (Lipinski definition) is 6. The smallest absolute Gasteiger partial charge is 0.306 e. The van der Waals surface area contributed by atoms with Crippen molar-refractivity contribution >= 4 is 17.9 Å². The van der Waals surface area contributed by atoms with E-state index >= 15 is 0 Å². The molecule has 0 bridgehead atoms. The van der Waals surface area contributed by atoms with Gasteiger partial charge in [0.25, 0.3) is 0 Å². The molecule has 0 N–H and O–H groups in total. The van der Waals surface area contributed by atoms with Crippen molar-refractivity contribution in [1.82, 2.24) is 0 Å². The van der Waals surface area contributed by atoms with Crippen molar-refractivity contribution in [3.63, 3.8) is 0 Å². The third-order valence-electron chi connectivity index (χ3n) is 12.5. The molecule has 0 aromatic rings. The van der Waals surface area contributed by atoms with Gasteiger partial charge in [-0.15, -0.1) is 0 Å². The molecule has 0 saturated carbocycles. The average Bonchev–Trinajstić information content (AvgIpc) is 3.38. The molecule has 0 aliphatic carbocycles. The molecule has 0 fully saturated rings. The largest absolute Gasteiger partial charge is 0.462 e. The van der Waals surface area contributed by atoms with Crippen molar-refractivity contribution in [2.75, 3.05) is 13.2 Å². The van der Waals surface area contributed by atoms with E-state index < -0.39 is 6.10 Å². The van der Waals surface area contributed by atoms with Gasteiger partial charge in [0.15, 0.2) is 6.10 Å². The van der Waals surface area contributed by atoms with Gasteiger partial charge in [0.2, 0.25) is 0 Å². The highest BCUT2D eigenvalue weighted by molar-refractivity contribution is 5.71. The molecule has 0 rings (SSSR count). The minimum absolute atomic E-state index is 0.105. The van der Waals surface area contributed by atoms with E-state index in [0.717, 1.165) is 96.3 Å². The number of esters is 3. The van der Waals surface area contributed by atoms with Crippen molar-refractivity contribution < 1.29 is 28.6 Å². The minimum atomic E-state index is -0.815. The Labute approximate surface area is 444 Å². The van der Waals surface area contributed by atoms with Crippen molar-refractivity contribution in [2.45, 2.75) is 277 Å². The molecule has 0 saturated heterocycles. The molecule has 6 nitrogen and oxygen atoms in total. The van der Waals surface area contributed by atoms with Gasteiger partial charge < -0.3 is 14.2 Å². The first-order valence-electron chi connectivity index (χ1n) is 29.9. The molecule has 0 radical (unpaired) electrons. The molecular weight excluding hydrogens is 889 g/mol. The van der Waals surface area contributed by atoms with E-state index in [4.69, 9.17) is 14.2 Å². The maximum absolute atomic E-state index is 12.8. The lowest BCUT2D eigenvalue weighted by Gasteiger charge is -2.18. The molecule has 0 aromatic heterocycles. The molecule has 0 amide bonds. The molecule has 6 heteroatoms. The lowest BCUT2D eigenvalue weighted by atomic mass is 10.0. The second-order valence-corrected chi connectivity index (χ2v) is 19.5. The van der Waals surface area contributed by atoms with Crippen molar-refractivity contribution in [1.29, 1.82) is 0 Å². The van der Waals surface area contributed by atoms with Gasteiger partial charge in [-0.3, -0.25) is 14.4 Å². The van der Waals surface area contributed by atoms with E-state index in [-0.39, 0.29) is 37.5 Å². The normalized spacial score (nSPS) is 12.9. The Hall–Kier alpha value is -3.93. The lowest BCUT2D eigenvalue weighted by molar-refractivity contribution is -0.166. The Morgan fingerprint density at radius 1 is 0.292 bits per heavy atom. The van der Waals surface area contributed by atoms with Gasteiger partial charge in [0, 0.05) is 19.3 Å². The highest BCUT2D eigenvalue weighted by atomic mass is 16.6. The molecule has 410 valence electrons. The van der Waals surface area contributed by atoms with Crippen LogP contribution in [0.3, 0.4) is 0 Å². The van der Waals surface area contributed by atoms with Crippen LogP contribution in [0.15, 0.2) is 109 Å². The van der Waals surface area contributed by atoms with E-state index in [2.05, 4.69) is 118 Å². The van der Waals surface area contributed by atoms with Crippen molar-refractivity contribution in [3.05, 3.63) is 109 Å². The molecular formula is C66H110O6. The van der Waals surface area contributed by atoms with Crippen LogP contribution in [0, 0.1) is 0 Å². The van der Waals surface area contributed by atoms with Gasteiger partial charge >= 0.3 is 17.9 Å². The van der Waals surface area contributed by atoms with E-state index in [0.29, 0.717) is 19.3 Å². The van der Waals surface area contributed by atoms with Gasteiger partial charge in [0.1, 0.15) is 13.2 Å². The first-order valence-corrected chi connectivity index (χ1v) is 29.9. The summed E-state index contributed by atoms with van der Waals surface area (Å²) in [6.07, 6.45) is 81.1. The molecule has 0 aromatic carbocycles. The number of carbonyl (C=O) groups is 3. The van der Waals surface area contributed by atoms with Crippen LogP contribution in [0.25, 0.3) is 0 Å². The fourth-order valence-electron chi connectivity index (χ4n) is 8.13. The quantitative estimate of drug-likeness (QED) is 0.0261. The summed E-state index contributed by atoms with van der Waals surface area (Å²) in [4.78, 5) is 38.1. The zero-order valence-electron chi connectivity index (χ0n) is 46.9. The fourth-order valence-corrected chi connectivity index (χ4v) is 8.13. The molecule has 72 heavy (non-hydrogen) atoms. The topological polar surface area (TPSA) is 78.9 Å². The van der Waals surface area contributed by atoms with Gasteiger partial charge in [-0.25, -0.2) is 0 Å². The SMILES string of the molecule is CC/C=C\C/C=C\C/C=C\C/C=C\C/C=C\CCCCCCCCCCCCCCCC(=O)OCC(COC(=O)CCCCCCCCCCCCCC)OC(=O)CC/C=C\C/C=C\C/C=C\C/C=C\CC. The van der Waals surface area contributed by atoms with Crippen LogP contribution in [0.2, 0.25) is 0 Å². The van der Waals surface area contributed by atoms with Crippen LogP contribution < -0.4 is 0 Å². The second-order valence-electron chi connectivity index (χ2n) is 19.5. The monoisotopic (exact) mass is 999 g/mol. The summed E-state index contributed by atoms with van der Waals surface area (Å²) in [7, 11) is 0. The van der Waals surface area contributed by atoms with Crippen LogP contribution in [-0.2, 0) is 28.6 Å². The van der Waals surface area contributed by atoms with Gasteiger partial charge in [0.05, 0.1) is 0 Å². The van der Waals surface area contributed by atoms with Crippen LogP contribution in [0.4, 0.5) is 0 Å².